The lowest BCUT2D eigenvalue weighted by atomic mass is 10.0. The predicted molar refractivity (Wildman–Crippen MR) is 71.1 cm³/mol. The molecule has 88 valence electrons. The zero-order chi connectivity index (χ0) is 12.1. The topological polar surface area (TPSA) is 20.2 Å². The fourth-order valence-corrected chi connectivity index (χ4v) is 2.12. The van der Waals surface area contributed by atoms with Crippen LogP contribution in [0.1, 0.15) is 29.0 Å². The Bertz CT molecular complexity index is 397. The molecule has 0 heterocycles. The minimum Gasteiger partial charge on any atom is -0.388 e. The zero-order valence-corrected chi connectivity index (χ0v) is 10.2. The van der Waals surface area contributed by atoms with Crippen LogP contribution in [0.25, 0.3) is 0 Å². The molecule has 0 saturated heterocycles. The molecule has 0 bridgehead atoms. The van der Waals surface area contributed by atoms with Gasteiger partial charge in [0.1, 0.15) is 0 Å². The van der Waals surface area contributed by atoms with E-state index in [0.717, 1.165) is 11.1 Å². The Hall–Kier alpha value is -1.31. The van der Waals surface area contributed by atoms with Crippen molar-refractivity contribution in [3.63, 3.8) is 0 Å². The molecule has 0 fully saturated rings. The predicted octanol–water partition coefficient (Wildman–Crippen LogP) is 4.09. The molecule has 0 aliphatic rings. The van der Waals surface area contributed by atoms with E-state index in [9.17, 15) is 5.11 Å². The van der Waals surface area contributed by atoms with E-state index in [1.54, 1.807) is 0 Å². The summed E-state index contributed by atoms with van der Waals surface area (Å²) in [7, 11) is 0. The highest BCUT2D eigenvalue weighted by Gasteiger charge is 2.14. The van der Waals surface area contributed by atoms with Gasteiger partial charge in [0, 0.05) is 0 Å². The first-order valence-corrected chi connectivity index (χ1v) is 6.13. The summed E-state index contributed by atoms with van der Waals surface area (Å²) in [6.07, 6.45) is 0.00849. The van der Waals surface area contributed by atoms with Gasteiger partial charge in [-0.25, -0.2) is 0 Å². The van der Waals surface area contributed by atoms with Crippen molar-refractivity contribution in [2.24, 2.45) is 0 Å². The summed E-state index contributed by atoms with van der Waals surface area (Å²) in [5.41, 5.74) is 1.96. The number of aliphatic hydroxyl groups excluding tert-OH is 1. The molecule has 2 rings (SSSR count). The normalized spacial score (nSPS) is 14.2. The first-order chi connectivity index (χ1) is 8.27. The minimum atomic E-state index is -0.515. The van der Waals surface area contributed by atoms with Gasteiger partial charge < -0.3 is 5.11 Å². The summed E-state index contributed by atoms with van der Waals surface area (Å²) in [6.45, 7) is 0. The first-order valence-electron chi connectivity index (χ1n) is 5.69. The molecule has 2 aromatic rings. The van der Waals surface area contributed by atoms with Gasteiger partial charge in [0.2, 0.25) is 0 Å². The van der Waals surface area contributed by atoms with E-state index in [4.69, 9.17) is 11.6 Å². The number of alkyl halides is 1. The lowest BCUT2D eigenvalue weighted by Crippen LogP contribution is -2.01. The number of benzene rings is 2. The van der Waals surface area contributed by atoms with Gasteiger partial charge in [-0.05, 0) is 17.5 Å². The molecule has 0 spiro atoms. The van der Waals surface area contributed by atoms with Gasteiger partial charge in [-0.15, -0.1) is 11.6 Å². The molecule has 0 amide bonds. The second-order valence-electron chi connectivity index (χ2n) is 4.04. The molecule has 0 radical (unpaired) electrons. The molecule has 17 heavy (non-hydrogen) atoms. The molecular weight excluding hydrogens is 232 g/mol. The number of aliphatic hydroxyl groups is 1. The van der Waals surface area contributed by atoms with Gasteiger partial charge >= 0.3 is 0 Å². The van der Waals surface area contributed by atoms with Gasteiger partial charge in [0.15, 0.2) is 0 Å². The summed E-state index contributed by atoms with van der Waals surface area (Å²) in [5, 5.41) is 9.91. The molecule has 0 aromatic heterocycles. The smallest absolute Gasteiger partial charge is 0.0807 e. The maximum atomic E-state index is 10.1. The summed E-state index contributed by atoms with van der Waals surface area (Å²) < 4.78 is 0. The van der Waals surface area contributed by atoms with E-state index in [-0.39, 0.29) is 5.38 Å². The van der Waals surface area contributed by atoms with Crippen LogP contribution >= 0.6 is 11.6 Å². The van der Waals surface area contributed by atoms with Crippen LogP contribution in [0.2, 0.25) is 0 Å². The van der Waals surface area contributed by atoms with Crippen LogP contribution in [0.5, 0.6) is 0 Å². The molecule has 1 nitrogen and oxygen atoms in total. The van der Waals surface area contributed by atoms with Crippen molar-refractivity contribution in [3.8, 4) is 0 Å². The molecule has 2 aromatic carbocycles. The molecular formula is C15H15ClO. The van der Waals surface area contributed by atoms with Crippen LogP contribution < -0.4 is 0 Å². The Morgan fingerprint density at radius 2 is 1.29 bits per heavy atom. The SMILES string of the molecule is O[C@H](C[C@@H](Cl)c1ccccc1)c1ccccc1. The Morgan fingerprint density at radius 3 is 1.82 bits per heavy atom. The van der Waals surface area contributed by atoms with E-state index in [1.807, 2.05) is 60.7 Å². The van der Waals surface area contributed by atoms with Gasteiger partial charge in [0.25, 0.3) is 0 Å². The van der Waals surface area contributed by atoms with E-state index in [2.05, 4.69) is 0 Å². The monoisotopic (exact) mass is 246 g/mol. The number of hydrogen-bond donors (Lipinski definition) is 1. The standard InChI is InChI=1S/C15H15ClO/c16-14(12-7-3-1-4-8-12)11-15(17)13-9-5-2-6-10-13/h1-10,14-15,17H,11H2/t14-,15-/m1/s1. The Kier molecular flexibility index (Phi) is 4.18. The fraction of sp³-hybridized carbons (Fsp3) is 0.200. The van der Waals surface area contributed by atoms with Crippen LogP contribution in [0.15, 0.2) is 60.7 Å². The molecule has 2 atom stereocenters. The number of rotatable bonds is 4. The maximum absolute atomic E-state index is 10.1. The van der Waals surface area contributed by atoms with Crippen molar-refractivity contribution >= 4 is 11.6 Å². The average Bonchev–Trinajstić information content (AvgIpc) is 2.40. The third-order valence-corrected chi connectivity index (χ3v) is 3.21. The number of hydrogen-bond acceptors (Lipinski definition) is 1. The Balaban J connectivity index is 2.02. The lowest BCUT2D eigenvalue weighted by molar-refractivity contribution is 0.166. The summed E-state index contributed by atoms with van der Waals surface area (Å²) >= 11 is 6.29. The van der Waals surface area contributed by atoms with Crippen molar-refractivity contribution < 1.29 is 5.11 Å². The average molecular weight is 247 g/mol. The van der Waals surface area contributed by atoms with Gasteiger partial charge in [-0.1, -0.05) is 60.7 Å². The van der Waals surface area contributed by atoms with Gasteiger partial charge in [-0.2, -0.15) is 0 Å². The fourth-order valence-electron chi connectivity index (χ4n) is 1.81. The van der Waals surface area contributed by atoms with Crippen molar-refractivity contribution in [1.29, 1.82) is 0 Å². The van der Waals surface area contributed by atoms with Gasteiger partial charge in [-0.3, -0.25) is 0 Å². The molecule has 0 unspecified atom stereocenters. The highest BCUT2D eigenvalue weighted by atomic mass is 35.5. The molecule has 0 aliphatic heterocycles. The second-order valence-corrected chi connectivity index (χ2v) is 4.57. The van der Waals surface area contributed by atoms with Crippen LogP contribution in [0, 0.1) is 0 Å². The van der Waals surface area contributed by atoms with E-state index in [1.165, 1.54) is 0 Å². The third kappa shape index (κ3) is 3.32. The molecule has 1 N–H and O–H groups in total. The zero-order valence-electron chi connectivity index (χ0n) is 9.46. The lowest BCUT2D eigenvalue weighted by Gasteiger charge is -2.15. The highest BCUT2D eigenvalue weighted by Crippen LogP contribution is 2.30. The van der Waals surface area contributed by atoms with Gasteiger partial charge in [0.05, 0.1) is 11.5 Å². The maximum Gasteiger partial charge on any atom is 0.0807 e. The van der Waals surface area contributed by atoms with Crippen LogP contribution in [-0.2, 0) is 0 Å². The minimum absolute atomic E-state index is 0.161. The summed E-state index contributed by atoms with van der Waals surface area (Å²) in [5.74, 6) is 0. The Morgan fingerprint density at radius 1 is 0.824 bits per heavy atom. The quantitative estimate of drug-likeness (QED) is 0.806. The molecule has 0 saturated carbocycles. The van der Waals surface area contributed by atoms with Crippen LogP contribution in [0.4, 0.5) is 0 Å². The van der Waals surface area contributed by atoms with Crippen molar-refractivity contribution in [2.75, 3.05) is 0 Å². The summed E-state index contributed by atoms with van der Waals surface area (Å²) in [4.78, 5) is 0. The van der Waals surface area contributed by atoms with E-state index < -0.39 is 6.10 Å². The highest BCUT2D eigenvalue weighted by molar-refractivity contribution is 6.20. The number of halogens is 1. The molecule has 0 aliphatic carbocycles. The summed E-state index contributed by atoms with van der Waals surface area (Å²) in [6, 6.07) is 19.4. The van der Waals surface area contributed by atoms with Crippen molar-refractivity contribution in [3.05, 3.63) is 71.8 Å². The van der Waals surface area contributed by atoms with Crippen LogP contribution in [0.3, 0.4) is 0 Å². The third-order valence-electron chi connectivity index (χ3n) is 2.78. The largest absolute Gasteiger partial charge is 0.388 e. The van der Waals surface area contributed by atoms with E-state index >= 15 is 0 Å². The first kappa shape index (κ1) is 12.2. The van der Waals surface area contributed by atoms with Crippen molar-refractivity contribution in [1.82, 2.24) is 0 Å². The van der Waals surface area contributed by atoms with Crippen LogP contribution in [-0.4, -0.2) is 5.11 Å². The van der Waals surface area contributed by atoms with Crippen molar-refractivity contribution in [2.45, 2.75) is 17.9 Å². The Labute approximate surface area is 107 Å². The molecule has 2 heteroatoms. The van der Waals surface area contributed by atoms with E-state index in [0.29, 0.717) is 6.42 Å². The second kappa shape index (κ2) is 5.85.